The van der Waals surface area contributed by atoms with Crippen molar-refractivity contribution in [1.29, 1.82) is 0 Å². The number of ether oxygens (including phenoxy) is 1. The van der Waals surface area contributed by atoms with Gasteiger partial charge in [0.2, 0.25) is 0 Å². The Bertz CT molecular complexity index is 890. The fourth-order valence-corrected chi connectivity index (χ4v) is 4.25. The van der Waals surface area contributed by atoms with Gasteiger partial charge in [0.15, 0.2) is 0 Å². The standard InChI is InChI=1S/C20H25N3O4S/c1-27-18-11-7-17(8-12-18)23-28(25,26)19-13-9-16(10-14-19)22-20(24)21-15-5-3-2-4-6-15/h7-15,23H,2-6H2,1H3,(H2,21,22,24). The number of hydrogen-bond donors (Lipinski definition) is 3. The summed E-state index contributed by atoms with van der Waals surface area (Å²) in [6, 6.07) is 12.6. The number of sulfonamides is 1. The third kappa shape index (κ3) is 5.39. The second kappa shape index (κ2) is 8.97. The van der Waals surface area contributed by atoms with Crippen molar-refractivity contribution < 1.29 is 17.9 Å². The van der Waals surface area contributed by atoms with E-state index >= 15 is 0 Å². The van der Waals surface area contributed by atoms with Crippen LogP contribution in [0.4, 0.5) is 16.2 Å². The molecule has 150 valence electrons. The first-order valence-electron chi connectivity index (χ1n) is 9.31. The molecule has 0 unspecified atom stereocenters. The van der Waals surface area contributed by atoms with E-state index in [0.717, 1.165) is 25.7 Å². The summed E-state index contributed by atoms with van der Waals surface area (Å²) < 4.78 is 32.6. The third-order valence-electron chi connectivity index (χ3n) is 4.71. The summed E-state index contributed by atoms with van der Waals surface area (Å²) in [5, 5.41) is 5.71. The van der Waals surface area contributed by atoms with E-state index in [0.29, 0.717) is 17.1 Å². The molecule has 2 amide bonds. The molecule has 1 aliphatic carbocycles. The molecular weight excluding hydrogens is 378 g/mol. The van der Waals surface area contributed by atoms with Gasteiger partial charge in [-0.05, 0) is 61.4 Å². The number of methoxy groups -OCH3 is 1. The van der Waals surface area contributed by atoms with Gasteiger partial charge in [0, 0.05) is 17.4 Å². The van der Waals surface area contributed by atoms with Crippen molar-refractivity contribution in [2.75, 3.05) is 17.1 Å². The van der Waals surface area contributed by atoms with E-state index in [1.807, 2.05) is 0 Å². The van der Waals surface area contributed by atoms with Crippen LogP contribution >= 0.6 is 0 Å². The lowest BCUT2D eigenvalue weighted by atomic mass is 9.96. The minimum absolute atomic E-state index is 0.113. The van der Waals surface area contributed by atoms with Gasteiger partial charge in [-0.2, -0.15) is 0 Å². The van der Waals surface area contributed by atoms with E-state index in [1.54, 1.807) is 43.5 Å². The molecule has 0 aromatic heterocycles. The van der Waals surface area contributed by atoms with Gasteiger partial charge in [-0.1, -0.05) is 19.3 Å². The zero-order valence-electron chi connectivity index (χ0n) is 15.8. The van der Waals surface area contributed by atoms with Crippen molar-refractivity contribution in [2.45, 2.75) is 43.0 Å². The summed E-state index contributed by atoms with van der Waals surface area (Å²) in [5.74, 6) is 0.643. The number of anilines is 2. The number of urea groups is 1. The van der Waals surface area contributed by atoms with Gasteiger partial charge in [-0.3, -0.25) is 4.72 Å². The van der Waals surface area contributed by atoms with Crippen molar-refractivity contribution in [3.63, 3.8) is 0 Å². The fraction of sp³-hybridized carbons (Fsp3) is 0.350. The van der Waals surface area contributed by atoms with E-state index in [9.17, 15) is 13.2 Å². The molecule has 2 aromatic carbocycles. The van der Waals surface area contributed by atoms with Crippen LogP contribution in [0.15, 0.2) is 53.4 Å². The van der Waals surface area contributed by atoms with Crippen molar-refractivity contribution in [3.8, 4) is 5.75 Å². The van der Waals surface area contributed by atoms with Gasteiger partial charge in [0.05, 0.1) is 12.0 Å². The minimum Gasteiger partial charge on any atom is -0.497 e. The van der Waals surface area contributed by atoms with Gasteiger partial charge < -0.3 is 15.4 Å². The van der Waals surface area contributed by atoms with Crippen molar-refractivity contribution in [1.82, 2.24) is 5.32 Å². The number of amides is 2. The molecule has 3 N–H and O–H groups in total. The maximum atomic E-state index is 12.5. The average Bonchev–Trinajstić information content (AvgIpc) is 2.69. The smallest absolute Gasteiger partial charge is 0.319 e. The van der Waals surface area contributed by atoms with E-state index in [1.165, 1.54) is 18.6 Å². The molecule has 0 bridgehead atoms. The molecule has 0 radical (unpaired) electrons. The predicted octanol–water partition coefficient (Wildman–Crippen LogP) is 3.95. The quantitative estimate of drug-likeness (QED) is 0.680. The first-order chi connectivity index (χ1) is 13.5. The van der Waals surface area contributed by atoms with Crippen LogP contribution in [0.2, 0.25) is 0 Å². The molecule has 3 rings (SSSR count). The molecule has 1 aliphatic rings. The zero-order valence-corrected chi connectivity index (χ0v) is 16.6. The number of benzene rings is 2. The first kappa shape index (κ1) is 20.0. The molecule has 0 heterocycles. The molecule has 0 saturated heterocycles. The molecule has 28 heavy (non-hydrogen) atoms. The molecule has 2 aromatic rings. The van der Waals surface area contributed by atoms with Crippen LogP contribution in [0.1, 0.15) is 32.1 Å². The highest BCUT2D eigenvalue weighted by Gasteiger charge is 2.17. The lowest BCUT2D eigenvalue weighted by Gasteiger charge is -2.22. The van der Waals surface area contributed by atoms with Crippen LogP contribution < -0.4 is 20.1 Å². The lowest BCUT2D eigenvalue weighted by molar-refractivity contribution is 0.244. The van der Waals surface area contributed by atoms with Gasteiger partial charge in [-0.15, -0.1) is 0 Å². The molecule has 1 fully saturated rings. The molecule has 7 nitrogen and oxygen atoms in total. The van der Waals surface area contributed by atoms with Gasteiger partial charge in [0.1, 0.15) is 5.75 Å². The van der Waals surface area contributed by atoms with E-state index < -0.39 is 10.0 Å². The van der Waals surface area contributed by atoms with Crippen LogP contribution in [0.5, 0.6) is 5.75 Å². The number of carbonyl (C=O) groups excluding carboxylic acids is 1. The van der Waals surface area contributed by atoms with Gasteiger partial charge >= 0.3 is 6.03 Å². The van der Waals surface area contributed by atoms with E-state index in [4.69, 9.17) is 4.74 Å². The average molecular weight is 404 g/mol. The highest BCUT2D eigenvalue weighted by Crippen LogP contribution is 2.21. The lowest BCUT2D eigenvalue weighted by Crippen LogP contribution is -2.39. The Morgan fingerprint density at radius 2 is 1.54 bits per heavy atom. The zero-order chi connectivity index (χ0) is 20.0. The molecule has 8 heteroatoms. The highest BCUT2D eigenvalue weighted by atomic mass is 32.2. The van der Waals surface area contributed by atoms with Crippen molar-refractivity contribution >= 4 is 27.4 Å². The molecular formula is C20H25N3O4S. The fourth-order valence-electron chi connectivity index (χ4n) is 3.19. The number of nitrogens with one attached hydrogen (secondary N) is 3. The summed E-state index contributed by atoms with van der Waals surface area (Å²) in [7, 11) is -2.17. The molecule has 0 aliphatic heterocycles. The third-order valence-corrected chi connectivity index (χ3v) is 6.10. The topological polar surface area (TPSA) is 96.5 Å². The summed E-state index contributed by atoms with van der Waals surface area (Å²) >= 11 is 0. The van der Waals surface area contributed by atoms with Crippen LogP contribution in [0.3, 0.4) is 0 Å². The second-order valence-corrected chi connectivity index (χ2v) is 8.47. The van der Waals surface area contributed by atoms with Crippen LogP contribution in [0.25, 0.3) is 0 Å². The summed E-state index contributed by atoms with van der Waals surface area (Å²) in [6.07, 6.45) is 5.50. The van der Waals surface area contributed by atoms with Gasteiger partial charge in [0.25, 0.3) is 10.0 Å². The SMILES string of the molecule is COc1ccc(NS(=O)(=O)c2ccc(NC(=O)NC3CCCCC3)cc2)cc1. The maximum absolute atomic E-state index is 12.5. The minimum atomic E-state index is -3.72. The van der Waals surface area contributed by atoms with Gasteiger partial charge in [-0.25, -0.2) is 13.2 Å². The second-order valence-electron chi connectivity index (χ2n) is 6.79. The van der Waals surface area contributed by atoms with Crippen molar-refractivity contribution in [3.05, 3.63) is 48.5 Å². The highest BCUT2D eigenvalue weighted by molar-refractivity contribution is 7.92. The normalized spacial score (nSPS) is 14.9. The Morgan fingerprint density at radius 3 is 2.14 bits per heavy atom. The van der Waals surface area contributed by atoms with Crippen molar-refractivity contribution in [2.24, 2.45) is 0 Å². The largest absolute Gasteiger partial charge is 0.497 e. The molecule has 1 saturated carbocycles. The summed E-state index contributed by atoms with van der Waals surface area (Å²) in [6.45, 7) is 0. The number of carbonyl (C=O) groups is 1. The first-order valence-corrected chi connectivity index (χ1v) is 10.8. The molecule has 0 spiro atoms. The maximum Gasteiger partial charge on any atom is 0.319 e. The molecule has 0 atom stereocenters. The van der Waals surface area contributed by atoms with Crippen LogP contribution in [0, 0.1) is 0 Å². The van der Waals surface area contributed by atoms with Crippen LogP contribution in [-0.4, -0.2) is 27.6 Å². The Labute approximate surface area is 165 Å². The Morgan fingerprint density at radius 1 is 0.929 bits per heavy atom. The Kier molecular flexibility index (Phi) is 6.41. The van der Waals surface area contributed by atoms with E-state index in [-0.39, 0.29) is 17.0 Å². The summed E-state index contributed by atoms with van der Waals surface area (Å²) in [5.41, 5.74) is 0.978. The Hall–Kier alpha value is -2.74. The summed E-state index contributed by atoms with van der Waals surface area (Å²) in [4.78, 5) is 12.2. The predicted molar refractivity (Wildman–Crippen MR) is 109 cm³/mol. The number of rotatable bonds is 6. The number of hydrogen-bond acceptors (Lipinski definition) is 4. The van der Waals surface area contributed by atoms with Crippen LogP contribution in [-0.2, 0) is 10.0 Å². The monoisotopic (exact) mass is 403 g/mol. The Balaban J connectivity index is 1.59. The van der Waals surface area contributed by atoms with E-state index in [2.05, 4.69) is 15.4 Å².